The Hall–Kier alpha value is -1.89. The third-order valence-corrected chi connectivity index (χ3v) is 8.85. The molecule has 2 aromatic carbocycles. The lowest BCUT2D eigenvalue weighted by Crippen LogP contribution is -2.55. The smallest absolute Gasteiger partial charge is 0.280 e. The molecule has 1 aromatic heterocycles. The molecule has 4 rings (SSSR count). The number of anilines is 1. The first-order valence-electron chi connectivity index (χ1n) is 9.60. The molecule has 0 unspecified atom stereocenters. The summed E-state index contributed by atoms with van der Waals surface area (Å²) in [7, 11) is -2.64. The van der Waals surface area contributed by atoms with Gasteiger partial charge in [-0.3, -0.25) is 4.79 Å². The molecule has 3 aromatic rings. The second-order valence-corrected chi connectivity index (χ2v) is 11.4. The molecule has 1 amide bonds. The lowest BCUT2D eigenvalue weighted by atomic mass is 10.0. The summed E-state index contributed by atoms with van der Waals surface area (Å²) in [6, 6.07) is 8.56. The zero-order valence-corrected chi connectivity index (χ0v) is 21.0. The number of hydrogen-bond donors (Lipinski definition) is 2. The van der Waals surface area contributed by atoms with Gasteiger partial charge in [-0.1, -0.05) is 17.7 Å². The fourth-order valence-corrected chi connectivity index (χ4v) is 6.21. The van der Waals surface area contributed by atoms with Crippen molar-refractivity contribution >= 4 is 60.7 Å². The molecule has 2 heterocycles. The van der Waals surface area contributed by atoms with Gasteiger partial charge in [-0.25, -0.2) is 8.78 Å². The van der Waals surface area contributed by atoms with E-state index in [-0.39, 0.29) is 17.1 Å². The van der Waals surface area contributed by atoms with Gasteiger partial charge in [0.1, 0.15) is 17.7 Å². The number of halogens is 4. The Labute approximate surface area is 206 Å². The molecule has 0 radical (unpaired) electrons. The number of nitrogens with zero attached hydrogens (tertiary/aromatic N) is 1. The van der Waals surface area contributed by atoms with E-state index in [0.717, 1.165) is 15.9 Å². The second kappa shape index (κ2) is 9.40. The SMILES string of the molecule is CN1[C@@H](C(=O)Nc2ccc(F)c(Cl)c2)C[C@@H](c2cc(-c3ccc(Br)c(F)c3)cs2)NS1(=O)=O. The first kappa shape index (κ1) is 24.2. The predicted molar refractivity (Wildman–Crippen MR) is 128 cm³/mol. The van der Waals surface area contributed by atoms with Gasteiger partial charge < -0.3 is 5.32 Å². The van der Waals surface area contributed by atoms with Crippen LogP contribution >= 0.6 is 38.9 Å². The molecule has 0 bridgehead atoms. The van der Waals surface area contributed by atoms with Crippen LogP contribution in [0.15, 0.2) is 52.3 Å². The summed E-state index contributed by atoms with van der Waals surface area (Å²) in [5, 5.41) is 4.24. The van der Waals surface area contributed by atoms with Crippen LogP contribution in [0.5, 0.6) is 0 Å². The average Bonchev–Trinajstić information content (AvgIpc) is 3.25. The summed E-state index contributed by atoms with van der Waals surface area (Å²) in [5.41, 5.74) is 1.64. The van der Waals surface area contributed by atoms with Crippen molar-refractivity contribution in [2.75, 3.05) is 12.4 Å². The van der Waals surface area contributed by atoms with E-state index in [4.69, 9.17) is 11.6 Å². The van der Waals surface area contributed by atoms with Crippen LogP contribution in [0.1, 0.15) is 17.3 Å². The molecule has 1 aliphatic rings. The third-order valence-electron chi connectivity index (χ3n) is 5.27. The van der Waals surface area contributed by atoms with Crippen LogP contribution in [-0.4, -0.2) is 31.7 Å². The Morgan fingerprint density at radius 2 is 1.94 bits per heavy atom. The van der Waals surface area contributed by atoms with E-state index in [1.807, 2.05) is 0 Å². The predicted octanol–water partition coefficient (Wildman–Crippen LogP) is 5.33. The summed E-state index contributed by atoms with van der Waals surface area (Å²) in [6.07, 6.45) is 0.158. The van der Waals surface area contributed by atoms with Gasteiger partial charge in [-0.15, -0.1) is 11.3 Å². The molecule has 0 spiro atoms. The van der Waals surface area contributed by atoms with Gasteiger partial charge >= 0.3 is 0 Å². The van der Waals surface area contributed by atoms with E-state index in [0.29, 0.717) is 14.9 Å². The van der Waals surface area contributed by atoms with E-state index in [1.165, 1.54) is 36.6 Å². The largest absolute Gasteiger partial charge is 0.325 e. The van der Waals surface area contributed by atoms with Crippen molar-refractivity contribution in [3.63, 3.8) is 0 Å². The molecule has 0 saturated carbocycles. The molecule has 2 atom stereocenters. The highest BCUT2D eigenvalue weighted by Gasteiger charge is 2.41. The zero-order valence-electron chi connectivity index (χ0n) is 17.0. The molecule has 12 heteroatoms. The Kier molecular flexibility index (Phi) is 6.90. The maximum absolute atomic E-state index is 13.9. The first-order valence-corrected chi connectivity index (χ1v) is 13.1. The molecular formula is C21H17BrClF2N3O3S2. The van der Waals surface area contributed by atoms with Gasteiger partial charge in [-0.2, -0.15) is 17.4 Å². The number of hydrogen-bond acceptors (Lipinski definition) is 4. The number of thiophene rings is 1. The fourth-order valence-electron chi connectivity index (χ4n) is 3.46. The summed E-state index contributed by atoms with van der Waals surface area (Å²) >= 11 is 10.2. The van der Waals surface area contributed by atoms with Crippen molar-refractivity contribution in [3.8, 4) is 11.1 Å². The summed E-state index contributed by atoms with van der Waals surface area (Å²) in [5.74, 6) is -1.60. The van der Waals surface area contributed by atoms with Gasteiger partial charge in [-0.05, 0) is 75.3 Å². The van der Waals surface area contributed by atoms with Crippen LogP contribution in [0.3, 0.4) is 0 Å². The summed E-state index contributed by atoms with van der Waals surface area (Å²) in [6.45, 7) is 0. The number of benzene rings is 2. The van der Waals surface area contributed by atoms with Crippen molar-refractivity contribution < 1.29 is 22.0 Å². The Morgan fingerprint density at radius 1 is 1.18 bits per heavy atom. The molecule has 2 N–H and O–H groups in total. The van der Waals surface area contributed by atoms with Crippen LogP contribution in [0.2, 0.25) is 5.02 Å². The molecule has 1 fully saturated rings. The highest BCUT2D eigenvalue weighted by atomic mass is 79.9. The Bertz CT molecular complexity index is 1340. The number of amides is 1. The van der Waals surface area contributed by atoms with Gasteiger partial charge in [0.15, 0.2) is 0 Å². The number of nitrogens with one attached hydrogen (secondary N) is 2. The van der Waals surface area contributed by atoms with Crippen molar-refractivity contribution in [1.29, 1.82) is 0 Å². The maximum Gasteiger partial charge on any atom is 0.280 e. The molecule has 1 saturated heterocycles. The van der Waals surface area contributed by atoms with Crippen molar-refractivity contribution in [2.24, 2.45) is 0 Å². The quantitative estimate of drug-likeness (QED) is 0.441. The molecular weight excluding hydrogens is 560 g/mol. The third kappa shape index (κ3) is 5.13. The highest BCUT2D eigenvalue weighted by Crippen LogP contribution is 2.36. The number of likely N-dealkylation sites (N-methyl/N-ethyl adjacent to an activating group) is 1. The minimum atomic E-state index is -3.95. The van der Waals surface area contributed by atoms with Crippen LogP contribution in [0.4, 0.5) is 14.5 Å². The van der Waals surface area contributed by atoms with E-state index >= 15 is 0 Å². The number of carbonyl (C=O) groups is 1. The van der Waals surface area contributed by atoms with Gasteiger partial charge in [0, 0.05) is 17.6 Å². The average molecular weight is 577 g/mol. The molecule has 6 nitrogen and oxygen atoms in total. The van der Waals surface area contributed by atoms with E-state index < -0.39 is 39.8 Å². The van der Waals surface area contributed by atoms with Crippen LogP contribution in [0.25, 0.3) is 11.1 Å². The van der Waals surface area contributed by atoms with E-state index in [1.54, 1.807) is 23.6 Å². The lowest BCUT2D eigenvalue weighted by Gasteiger charge is -2.35. The van der Waals surface area contributed by atoms with Gasteiger partial charge in [0.25, 0.3) is 10.2 Å². The normalized spacial score (nSPS) is 20.5. The van der Waals surface area contributed by atoms with Crippen molar-refractivity contribution in [3.05, 3.63) is 73.9 Å². The second-order valence-electron chi connectivity index (χ2n) is 7.43. The lowest BCUT2D eigenvalue weighted by molar-refractivity contribution is -0.120. The van der Waals surface area contributed by atoms with Crippen molar-refractivity contribution in [2.45, 2.75) is 18.5 Å². The molecule has 0 aliphatic carbocycles. The molecule has 1 aliphatic heterocycles. The van der Waals surface area contributed by atoms with Crippen molar-refractivity contribution in [1.82, 2.24) is 9.03 Å². The van der Waals surface area contributed by atoms with E-state index in [9.17, 15) is 22.0 Å². The Morgan fingerprint density at radius 3 is 2.64 bits per heavy atom. The Balaban J connectivity index is 1.57. The highest BCUT2D eigenvalue weighted by molar-refractivity contribution is 9.10. The molecule has 33 heavy (non-hydrogen) atoms. The monoisotopic (exact) mass is 575 g/mol. The maximum atomic E-state index is 13.9. The van der Waals surface area contributed by atoms with Gasteiger partial charge in [0.2, 0.25) is 5.91 Å². The standard InChI is InChI=1S/C21H17BrClF2N3O3S2/c1-28-19(21(29)26-13-3-5-16(24)15(23)8-13)9-18(27-33(28,30)31)20-7-12(10-32-20)11-2-4-14(22)17(25)6-11/h2-8,10,18-19,27H,9H2,1H3,(H,26,29)/t18-,19+/m0/s1. The summed E-state index contributed by atoms with van der Waals surface area (Å²) in [4.78, 5) is 13.6. The number of rotatable bonds is 4. The van der Waals surface area contributed by atoms with Crippen LogP contribution < -0.4 is 10.0 Å². The minimum Gasteiger partial charge on any atom is -0.325 e. The molecule has 174 valence electrons. The van der Waals surface area contributed by atoms with Gasteiger partial charge in [0.05, 0.1) is 15.5 Å². The fraction of sp³-hybridized carbons (Fsp3) is 0.190. The number of carbonyl (C=O) groups excluding carboxylic acids is 1. The van der Waals surface area contributed by atoms with E-state index in [2.05, 4.69) is 26.0 Å². The summed E-state index contributed by atoms with van der Waals surface area (Å²) < 4.78 is 56.6. The topological polar surface area (TPSA) is 78.5 Å². The first-order chi connectivity index (χ1) is 15.5. The van der Waals surface area contributed by atoms with Crippen LogP contribution in [-0.2, 0) is 15.0 Å². The van der Waals surface area contributed by atoms with Crippen LogP contribution in [0, 0.1) is 11.6 Å². The minimum absolute atomic E-state index is 0.158. The zero-order chi connectivity index (χ0) is 23.9.